The van der Waals surface area contributed by atoms with Gasteiger partial charge in [-0.2, -0.15) is 0 Å². The highest BCUT2D eigenvalue weighted by molar-refractivity contribution is 6.32. The summed E-state index contributed by atoms with van der Waals surface area (Å²) >= 11 is 6.33. The smallest absolute Gasteiger partial charge is 0.337 e. The van der Waals surface area contributed by atoms with E-state index >= 15 is 0 Å². The molecule has 27 heavy (non-hydrogen) atoms. The van der Waals surface area contributed by atoms with Crippen LogP contribution in [0.3, 0.4) is 0 Å². The molecule has 1 aliphatic carbocycles. The lowest BCUT2D eigenvalue weighted by molar-refractivity contribution is -0.136. The minimum absolute atomic E-state index is 0.0883. The van der Waals surface area contributed by atoms with Crippen LogP contribution in [0.4, 0.5) is 5.69 Å². The Hall–Kier alpha value is -2.25. The van der Waals surface area contributed by atoms with Gasteiger partial charge in [-0.3, -0.25) is 4.79 Å². The average Bonchev–Trinajstić information content (AvgIpc) is 3.27. The molecule has 1 aliphatic heterocycles. The van der Waals surface area contributed by atoms with Crippen LogP contribution in [0.25, 0.3) is 0 Å². The lowest BCUT2D eigenvalue weighted by Crippen LogP contribution is -2.31. The van der Waals surface area contributed by atoms with E-state index in [1.54, 1.807) is 18.2 Å². The Morgan fingerprint density at radius 1 is 1.37 bits per heavy atom. The van der Waals surface area contributed by atoms with Gasteiger partial charge in [-0.05, 0) is 43.9 Å². The second kappa shape index (κ2) is 8.63. The molecule has 0 saturated heterocycles. The summed E-state index contributed by atoms with van der Waals surface area (Å²) in [7, 11) is 1.26. The van der Waals surface area contributed by atoms with Gasteiger partial charge in [0.15, 0.2) is 0 Å². The van der Waals surface area contributed by atoms with Gasteiger partial charge in [-0.15, -0.1) is 0 Å². The largest absolute Gasteiger partial charge is 0.489 e. The van der Waals surface area contributed by atoms with Crippen LogP contribution in [0.15, 0.2) is 29.5 Å². The first-order chi connectivity index (χ1) is 13.0. The number of halogens is 1. The number of aliphatic hydroxyl groups is 1. The number of hydrogen-bond donors (Lipinski definition) is 2. The first-order valence-corrected chi connectivity index (χ1v) is 9.36. The number of methoxy groups -OCH3 is 1. The number of anilines is 1. The van der Waals surface area contributed by atoms with Gasteiger partial charge in [-0.25, -0.2) is 4.79 Å². The number of aliphatic hydroxyl groups excluding tert-OH is 1. The van der Waals surface area contributed by atoms with Crippen molar-refractivity contribution in [2.45, 2.75) is 31.8 Å². The Kier molecular flexibility index (Phi) is 6.23. The fourth-order valence-corrected chi connectivity index (χ4v) is 3.58. The van der Waals surface area contributed by atoms with E-state index in [0.717, 1.165) is 12.8 Å². The SMILES string of the molecule is COC(=O)C1=C(Nc2ccc(OC3CCCC3)c(Cl)c2)C(=O)N(CCO)C1. The fraction of sp³-hybridized carbons (Fsp3) is 0.474. The molecular weight excluding hydrogens is 372 g/mol. The molecule has 0 unspecified atom stereocenters. The van der Waals surface area contributed by atoms with Crippen LogP contribution in [-0.2, 0) is 14.3 Å². The van der Waals surface area contributed by atoms with Crippen molar-refractivity contribution in [3.05, 3.63) is 34.5 Å². The Morgan fingerprint density at radius 2 is 2.11 bits per heavy atom. The van der Waals surface area contributed by atoms with Gasteiger partial charge in [0, 0.05) is 12.2 Å². The first-order valence-electron chi connectivity index (χ1n) is 8.98. The molecule has 1 aromatic rings. The van der Waals surface area contributed by atoms with Crippen molar-refractivity contribution in [3.8, 4) is 5.75 Å². The number of rotatable bonds is 7. The number of nitrogens with one attached hydrogen (secondary N) is 1. The number of carbonyl (C=O) groups is 2. The highest BCUT2D eigenvalue weighted by Crippen LogP contribution is 2.33. The van der Waals surface area contributed by atoms with Crippen LogP contribution in [-0.4, -0.2) is 54.8 Å². The quantitative estimate of drug-likeness (QED) is 0.690. The van der Waals surface area contributed by atoms with Crippen molar-refractivity contribution in [1.29, 1.82) is 0 Å². The maximum Gasteiger partial charge on any atom is 0.337 e. The highest BCUT2D eigenvalue weighted by Gasteiger charge is 2.34. The molecule has 3 rings (SSSR count). The fourth-order valence-electron chi connectivity index (χ4n) is 3.35. The minimum atomic E-state index is -0.585. The highest BCUT2D eigenvalue weighted by atomic mass is 35.5. The van der Waals surface area contributed by atoms with Crippen molar-refractivity contribution >= 4 is 29.2 Å². The second-order valence-electron chi connectivity index (χ2n) is 6.59. The molecule has 8 heteroatoms. The van der Waals surface area contributed by atoms with Gasteiger partial charge in [-0.1, -0.05) is 11.6 Å². The number of ether oxygens (including phenoxy) is 2. The van der Waals surface area contributed by atoms with E-state index < -0.39 is 5.97 Å². The summed E-state index contributed by atoms with van der Waals surface area (Å²) in [4.78, 5) is 25.9. The molecule has 146 valence electrons. The Bertz CT molecular complexity index is 758. The summed E-state index contributed by atoms with van der Waals surface area (Å²) in [5, 5.41) is 12.5. The van der Waals surface area contributed by atoms with Crippen molar-refractivity contribution in [2.75, 3.05) is 32.1 Å². The van der Waals surface area contributed by atoms with E-state index in [1.165, 1.54) is 24.9 Å². The minimum Gasteiger partial charge on any atom is -0.489 e. The van der Waals surface area contributed by atoms with Gasteiger partial charge in [0.05, 0.1) is 37.0 Å². The number of carbonyl (C=O) groups excluding carboxylic acids is 2. The van der Waals surface area contributed by atoms with Crippen LogP contribution in [0.5, 0.6) is 5.75 Å². The lowest BCUT2D eigenvalue weighted by Gasteiger charge is -2.16. The average molecular weight is 395 g/mol. The number of nitrogens with zero attached hydrogens (tertiary/aromatic N) is 1. The van der Waals surface area contributed by atoms with Gasteiger partial charge >= 0.3 is 5.97 Å². The van der Waals surface area contributed by atoms with Crippen molar-refractivity contribution in [1.82, 2.24) is 4.90 Å². The van der Waals surface area contributed by atoms with Crippen LogP contribution >= 0.6 is 11.6 Å². The number of amides is 1. The van der Waals surface area contributed by atoms with Crippen molar-refractivity contribution in [2.24, 2.45) is 0 Å². The molecule has 0 atom stereocenters. The molecule has 0 spiro atoms. The molecule has 2 aliphatic rings. The van der Waals surface area contributed by atoms with Gasteiger partial charge < -0.3 is 24.8 Å². The Morgan fingerprint density at radius 3 is 2.74 bits per heavy atom. The summed E-state index contributed by atoms with van der Waals surface area (Å²) in [6.07, 6.45) is 4.58. The molecule has 7 nitrogen and oxygen atoms in total. The third kappa shape index (κ3) is 4.36. The summed E-state index contributed by atoms with van der Waals surface area (Å²) < 4.78 is 10.7. The zero-order chi connectivity index (χ0) is 19.4. The van der Waals surface area contributed by atoms with Gasteiger partial charge in [0.25, 0.3) is 5.91 Å². The number of esters is 1. The molecular formula is C19H23ClN2O5. The summed E-state index contributed by atoms with van der Waals surface area (Å²) in [5.74, 6) is -0.346. The molecule has 1 heterocycles. The summed E-state index contributed by atoms with van der Waals surface area (Å²) in [5.41, 5.74) is 0.920. The Balaban J connectivity index is 1.78. The van der Waals surface area contributed by atoms with E-state index in [4.69, 9.17) is 26.2 Å². The molecule has 0 aromatic heterocycles. The third-order valence-corrected chi connectivity index (χ3v) is 5.05. The second-order valence-corrected chi connectivity index (χ2v) is 7.00. The van der Waals surface area contributed by atoms with E-state index in [2.05, 4.69) is 5.32 Å². The molecule has 1 saturated carbocycles. The maximum atomic E-state index is 12.5. The predicted octanol–water partition coefficient (Wildman–Crippen LogP) is 2.33. The molecule has 2 N–H and O–H groups in total. The molecule has 1 amide bonds. The normalized spacial score (nSPS) is 17.6. The Labute approximate surface area is 162 Å². The van der Waals surface area contributed by atoms with Crippen molar-refractivity contribution in [3.63, 3.8) is 0 Å². The van der Waals surface area contributed by atoms with Crippen LogP contribution in [0.1, 0.15) is 25.7 Å². The van der Waals surface area contributed by atoms with Crippen LogP contribution in [0.2, 0.25) is 5.02 Å². The first kappa shape index (κ1) is 19.5. The molecule has 0 bridgehead atoms. The van der Waals surface area contributed by atoms with Gasteiger partial charge in [0.2, 0.25) is 0 Å². The van der Waals surface area contributed by atoms with Crippen molar-refractivity contribution < 1.29 is 24.2 Å². The predicted molar refractivity (Wildman–Crippen MR) is 101 cm³/mol. The third-order valence-electron chi connectivity index (χ3n) is 4.75. The molecule has 1 fully saturated rings. The van der Waals surface area contributed by atoms with Crippen LogP contribution < -0.4 is 10.1 Å². The monoisotopic (exact) mass is 394 g/mol. The zero-order valence-electron chi connectivity index (χ0n) is 15.2. The number of β-amino-alcohol motifs (C(OH)–C–C–N with tert-alkyl or cyclic N) is 1. The lowest BCUT2D eigenvalue weighted by atomic mass is 10.2. The molecule has 0 radical (unpaired) electrons. The van der Waals surface area contributed by atoms with E-state index in [0.29, 0.717) is 16.5 Å². The van der Waals surface area contributed by atoms with Crippen LogP contribution in [0, 0.1) is 0 Å². The van der Waals surface area contributed by atoms with E-state index in [1.807, 2.05) is 0 Å². The zero-order valence-corrected chi connectivity index (χ0v) is 15.9. The van der Waals surface area contributed by atoms with Gasteiger partial charge in [0.1, 0.15) is 11.4 Å². The topological polar surface area (TPSA) is 88.1 Å². The molecule has 1 aromatic carbocycles. The maximum absolute atomic E-state index is 12.5. The number of benzene rings is 1. The van der Waals surface area contributed by atoms with E-state index in [-0.39, 0.29) is 43.0 Å². The summed E-state index contributed by atoms with van der Waals surface area (Å²) in [6, 6.07) is 5.17. The summed E-state index contributed by atoms with van der Waals surface area (Å²) in [6.45, 7) is 0.0386. The number of hydrogen-bond acceptors (Lipinski definition) is 6. The standard InChI is InChI=1S/C19H23ClN2O5/c1-26-19(25)14-11-22(8-9-23)18(24)17(14)21-12-6-7-16(15(20)10-12)27-13-4-2-3-5-13/h6-7,10,13,21,23H,2-5,8-9,11H2,1H3. The van der Waals surface area contributed by atoms with E-state index in [9.17, 15) is 9.59 Å².